The quantitative estimate of drug-likeness (QED) is 0.638. The lowest BCUT2D eigenvalue weighted by molar-refractivity contribution is -0.137. The van der Waals surface area contributed by atoms with Gasteiger partial charge in [0.05, 0.1) is 5.56 Å². The Balaban J connectivity index is 2.19. The van der Waals surface area contributed by atoms with Crippen molar-refractivity contribution < 1.29 is 13.2 Å². The summed E-state index contributed by atoms with van der Waals surface area (Å²) in [6, 6.07) is 12.9. The Bertz CT molecular complexity index is 618. The van der Waals surface area contributed by atoms with Crippen molar-refractivity contribution in [2.45, 2.75) is 32.5 Å². The first-order valence-corrected chi connectivity index (χ1v) is 7.83. The minimum atomic E-state index is -4.31. The first-order valence-electron chi connectivity index (χ1n) is 7.45. The van der Waals surface area contributed by atoms with Gasteiger partial charge in [-0.25, -0.2) is 4.84 Å². The standard InChI is InChI=1S/C18H19ClF3N/c1-12(2)11-17(23-19)15-5-3-13(4-6-15)14-7-9-16(10-8-14)18(20,21)22/h3-10,12,17,23H,11H2,1-2H3/t17-/m1/s1. The largest absolute Gasteiger partial charge is 0.416 e. The summed E-state index contributed by atoms with van der Waals surface area (Å²) in [5, 5.41) is 0. The van der Waals surface area contributed by atoms with Crippen LogP contribution in [0.5, 0.6) is 0 Å². The molecule has 0 aliphatic heterocycles. The van der Waals surface area contributed by atoms with E-state index in [2.05, 4.69) is 18.7 Å². The molecule has 2 rings (SSSR count). The first-order chi connectivity index (χ1) is 10.8. The van der Waals surface area contributed by atoms with Crippen molar-refractivity contribution in [2.24, 2.45) is 5.92 Å². The Kier molecular flexibility index (Phi) is 5.71. The minimum absolute atomic E-state index is 0.0540. The smallest absolute Gasteiger partial charge is 0.226 e. The summed E-state index contributed by atoms with van der Waals surface area (Å²) in [4.78, 5) is 2.78. The normalized spacial score (nSPS) is 13.3. The summed E-state index contributed by atoms with van der Waals surface area (Å²) in [6.07, 6.45) is -3.40. The zero-order chi connectivity index (χ0) is 17.0. The predicted molar refractivity (Wildman–Crippen MR) is 88.1 cm³/mol. The number of hydrogen-bond acceptors (Lipinski definition) is 1. The number of rotatable bonds is 5. The van der Waals surface area contributed by atoms with E-state index in [0.29, 0.717) is 5.92 Å². The van der Waals surface area contributed by atoms with Crippen LogP contribution in [0.4, 0.5) is 13.2 Å². The summed E-state index contributed by atoms with van der Waals surface area (Å²) in [5.41, 5.74) is 2.05. The molecular weight excluding hydrogens is 323 g/mol. The Morgan fingerprint density at radius 2 is 1.39 bits per heavy atom. The van der Waals surface area contributed by atoms with Gasteiger partial charge in [0.2, 0.25) is 0 Å². The van der Waals surface area contributed by atoms with Gasteiger partial charge in [-0.05, 0) is 52.9 Å². The summed E-state index contributed by atoms with van der Waals surface area (Å²) in [6.45, 7) is 4.25. The van der Waals surface area contributed by atoms with Gasteiger partial charge in [-0.1, -0.05) is 50.2 Å². The molecule has 0 unspecified atom stereocenters. The summed E-state index contributed by atoms with van der Waals surface area (Å²) in [7, 11) is 0. The first kappa shape index (κ1) is 17.8. The molecule has 0 aliphatic rings. The van der Waals surface area contributed by atoms with Crippen LogP contribution in [-0.4, -0.2) is 0 Å². The molecule has 1 N–H and O–H groups in total. The average Bonchev–Trinajstić information content (AvgIpc) is 2.52. The summed E-state index contributed by atoms with van der Waals surface area (Å²) >= 11 is 5.81. The van der Waals surface area contributed by atoms with Crippen molar-refractivity contribution in [2.75, 3.05) is 0 Å². The molecule has 1 atom stereocenters. The maximum Gasteiger partial charge on any atom is 0.416 e. The van der Waals surface area contributed by atoms with Gasteiger partial charge in [0.15, 0.2) is 0 Å². The summed E-state index contributed by atoms with van der Waals surface area (Å²) in [5.74, 6) is 0.501. The van der Waals surface area contributed by atoms with Crippen LogP contribution in [0.2, 0.25) is 0 Å². The average molecular weight is 342 g/mol. The van der Waals surface area contributed by atoms with Crippen molar-refractivity contribution in [3.8, 4) is 11.1 Å². The molecule has 0 radical (unpaired) electrons. The second-order valence-corrected chi connectivity index (χ2v) is 6.21. The molecule has 0 bridgehead atoms. The van der Waals surface area contributed by atoms with Gasteiger partial charge in [-0.3, -0.25) is 0 Å². The third-order valence-corrected chi connectivity index (χ3v) is 3.96. The van der Waals surface area contributed by atoms with Gasteiger partial charge in [0.1, 0.15) is 0 Å². The van der Waals surface area contributed by atoms with Crippen LogP contribution < -0.4 is 4.84 Å². The Morgan fingerprint density at radius 3 is 1.78 bits per heavy atom. The number of nitrogens with one attached hydrogen (secondary N) is 1. The molecule has 0 saturated heterocycles. The highest BCUT2D eigenvalue weighted by atomic mass is 35.5. The molecule has 0 heterocycles. The number of halogens is 4. The van der Waals surface area contributed by atoms with Crippen LogP contribution in [0.3, 0.4) is 0 Å². The monoisotopic (exact) mass is 341 g/mol. The van der Waals surface area contributed by atoms with Crippen molar-refractivity contribution in [1.29, 1.82) is 0 Å². The van der Waals surface area contributed by atoms with E-state index in [1.807, 2.05) is 24.3 Å². The van der Waals surface area contributed by atoms with Crippen molar-refractivity contribution >= 4 is 11.8 Å². The van der Waals surface area contributed by atoms with Crippen molar-refractivity contribution in [3.63, 3.8) is 0 Å². The molecule has 2 aromatic rings. The Labute approximate surface area is 139 Å². The van der Waals surface area contributed by atoms with Crippen LogP contribution in [-0.2, 0) is 6.18 Å². The predicted octanol–water partition coefficient (Wildman–Crippen LogP) is 6.20. The van der Waals surface area contributed by atoms with Crippen molar-refractivity contribution in [1.82, 2.24) is 4.84 Å². The van der Waals surface area contributed by atoms with Gasteiger partial charge in [-0.2, -0.15) is 13.2 Å². The highest BCUT2D eigenvalue weighted by Crippen LogP contribution is 2.31. The molecule has 0 saturated carbocycles. The highest BCUT2D eigenvalue weighted by molar-refractivity contribution is 6.13. The number of benzene rings is 2. The number of alkyl halides is 3. The second kappa shape index (κ2) is 7.37. The van der Waals surface area contributed by atoms with E-state index < -0.39 is 11.7 Å². The molecule has 124 valence electrons. The fourth-order valence-corrected chi connectivity index (χ4v) is 2.69. The van der Waals surface area contributed by atoms with Gasteiger partial charge in [-0.15, -0.1) is 0 Å². The SMILES string of the molecule is CC(C)C[C@@H](NCl)c1ccc(-c2ccc(C(F)(F)F)cc2)cc1. The van der Waals surface area contributed by atoms with Crippen LogP contribution >= 0.6 is 11.8 Å². The lowest BCUT2D eigenvalue weighted by atomic mass is 9.95. The maximum atomic E-state index is 12.6. The number of hydrogen-bond donors (Lipinski definition) is 1. The van der Waals surface area contributed by atoms with E-state index in [4.69, 9.17) is 11.8 Å². The third-order valence-electron chi connectivity index (χ3n) is 3.70. The van der Waals surface area contributed by atoms with Crippen LogP contribution in [0.25, 0.3) is 11.1 Å². The van der Waals surface area contributed by atoms with E-state index in [1.165, 1.54) is 12.1 Å². The summed E-state index contributed by atoms with van der Waals surface area (Å²) < 4.78 is 37.8. The highest BCUT2D eigenvalue weighted by Gasteiger charge is 2.29. The zero-order valence-corrected chi connectivity index (χ0v) is 13.7. The van der Waals surface area contributed by atoms with Crippen LogP contribution in [0.15, 0.2) is 48.5 Å². The zero-order valence-electron chi connectivity index (χ0n) is 13.0. The maximum absolute atomic E-state index is 12.6. The lowest BCUT2D eigenvalue weighted by Crippen LogP contribution is -2.13. The van der Waals surface area contributed by atoms with Crippen LogP contribution in [0, 0.1) is 5.92 Å². The fraction of sp³-hybridized carbons (Fsp3) is 0.333. The van der Waals surface area contributed by atoms with E-state index in [9.17, 15) is 13.2 Å². The van der Waals surface area contributed by atoms with E-state index in [1.54, 1.807) is 0 Å². The molecule has 0 aromatic heterocycles. The van der Waals surface area contributed by atoms with Gasteiger partial charge in [0, 0.05) is 6.04 Å². The van der Waals surface area contributed by atoms with Gasteiger partial charge >= 0.3 is 6.18 Å². The molecule has 0 spiro atoms. The van der Waals surface area contributed by atoms with E-state index in [-0.39, 0.29) is 6.04 Å². The molecule has 0 aliphatic carbocycles. The molecule has 23 heavy (non-hydrogen) atoms. The van der Waals surface area contributed by atoms with Gasteiger partial charge in [0.25, 0.3) is 0 Å². The molecular formula is C18H19ClF3N. The van der Waals surface area contributed by atoms with Crippen molar-refractivity contribution in [3.05, 3.63) is 59.7 Å². The van der Waals surface area contributed by atoms with Crippen LogP contribution in [0.1, 0.15) is 37.4 Å². The second-order valence-electron chi connectivity index (χ2n) is 5.99. The van der Waals surface area contributed by atoms with E-state index >= 15 is 0 Å². The fourth-order valence-electron chi connectivity index (χ4n) is 2.47. The third kappa shape index (κ3) is 4.72. The van der Waals surface area contributed by atoms with E-state index in [0.717, 1.165) is 35.2 Å². The molecule has 5 heteroatoms. The molecule has 0 fully saturated rings. The topological polar surface area (TPSA) is 12.0 Å². The molecule has 2 aromatic carbocycles. The Morgan fingerprint density at radius 1 is 0.913 bits per heavy atom. The molecule has 0 amide bonds. The Hall–Kier alpha value is -1.52. The molecule has 1 nitrogen and oxygen atoms in total. The van der Waals surface area contributed by atoms with Gasteiger partial charge < -0.3 is 0 Å². The lowest BCUT2D eigenvalue weighted by Gasteiger charge is -2.17. The minimum Gasteiger partial charge on any atom is -0.226 e.